The molecule has 3 aromatic rings. The van der Waals surface area contributed by atoms with Crippen LogP contribution in [0.5, 0.6) is 0 Å². The molecule has 0 bridgehead atoms. The van der Waals surface area contributed by atoms with Gasteiger partial charge in [-0.25, -0.2) is 4.57 Å². The van der Waals surface area contributed by atoms with Crippen LogP contribution in [0.1, 0.15) is 114 Å². The average Bonchev–Trinajstić information content (AvgIpc) is 3.16. The van der Waals surface area contributed by atoms with Crippen molar-refractivity contribution in [2.75, 3.05) is 47.5 Å². The predicted octanol–water partition coefficient (Wildman–Crippen LogP) is 11.4. The van der Waals surface area contributed by atoms with Gasteiger partial charge in [-0.3, -0.25) is 13.8 Å². The van der Waals surface area contributed by atoms with Crippen LogP contribution in [0, 0.1) is 0 Å². The minimum atomic E-state index is -4.46. The average molecular weight is 799 g/mol. The molecule has 0 radical (unpaired) electrons. The van der Waals surface area contributed by atoms with Gasteiger partial charge in [-0.1, -0.05) is 161 Å². The van der Waals surface area contributed by atoms with E-state index in [1.807, 2.05) is 106 Å². The molecule has 0 aromatic heterocycles. The van der Waals surface area contributed by atoms with E-state index in [1.165, 1.54) is 44.9 Å². The first-order chi connectivity index (χ1) is 26.5. The topological polar surface area (TPSA) is 91.3 Å². The van der Waals surface area contributed by atoms with Gasteiger partial charge in [-0.2, -0.15) is 0 Å². The number of carbonyl (C=O) groups is 1. The molecule has 0 aliphatic heterocycles. The first-order valence-electron chi connectivity index (χ1n) is 20.2. The number of halogens is 1. The van der Waals surface area contributed by atoms with E-state index in [4.69, 9.17) is 30.1 Å². The summed E-state index contributed by atoms with van der Waals surface area (Å²) in [6.07, 6.45) is 18.9. The molecule has 1 N–H and O–H groups in total. The van der Waals surface area contributed by atoms with Crippen LogP contribution in [-0.4, -0.2) is 69.0 Å². The van der Waals surface area contributed by atoms with E-state index in [9.17, 15) is 14.3 Å². The number of carbonyl (C=O) groups excluding carboxylic acids is 1. The Balaban J connectivity index is 1.65. The maximum absolute atomic E-state index is 13.3. The summed E-state index contributed by atoms with van der Waals surface area (Å²) in [5.41, 5.74) is 1.11. The van der Waals surface area contributed by atoms with Crippen molar-refractivity contribution < 1.29 is 37.3 Å². The Labute approximate surface area is 336 Å². The fourth-order valence-electron chi connectivity index (χ4n) is 6.38. The quantitative estimate of drug-likeness (QED) is 0.0187. The van der Waals surface area contributed by atoms with E-state index in [0.717, 1.165) is 43.2 Å². The molecule has 0 fully saturated rings. The minimum absolute atomic E-state index is 0.0192. The van der Waals surface area contributed by atoms with Gasteiger partial charge in [0.1, 0.15) is 24.9 Å². The van der Waals surface area contributed by atoms with E-state index >= 15 is 0 Å². The van der Waals surface area contributed by atoms with Gasteiger partial charge in [0.2, 0.25) is 0 Å². The van der Waals surface area contributed by atoms with Crippen molar-refractivity contribution in [2.45, 2.75) is 109 Å². The van der Waals surface area contributed by atoms with Crippen molar-refractivity contribution in [1.29, 1.82) is 0 Å². The molecule has 8 nitrogen and oxygen atoms in total. The van der Waals surface area contributed by atoms with Crippen molar-refractivity contribution in [3.8, 4) is 0 Å². The van der Waals surface area contributed by atoms with Crippen LogP contribution in [0.25, 0.3) is 0 Å². The Kier molecular flexibility index (Phi) is 21.5. The highest BCUT2D eigenvalue weighted by atomic mass is 35.5. The molecule has 0 aliphatic rings. The highest BCUT2D eigenvalue weighted by molar-refractivity contribution is 7.47. The number of phosphoric acid groups is 1. The van der Waals surface area contributed by atoms with E-state index < -0.39 is 32.1 Å². The van der Waals surface area contributed by atoms with Gasteiger partial charge >= 0.3 is 13.8 Å². The predicted molar refractivity (Wildman–Crippen MR) is 224 cm³/mol. The molecule has 0 saturated heterocycles. The lowest BCUT2D eigenvalue weighted by atomic mass is 9.80. The highest BCUT2D eigenvalue weighted by Crippen LogP contribution is 2.45. The molecule has 55 heavy (non-hydrogen) atoms. The zero-order valence-electron chi connectivity index (χ0n) is 33.7. The van der Waals surface area contributed by atoms with E-state index in [2.05, 4.69) is 19.1 Å². The first-order valence-corrected chi connectivity index (χ1v) is 22.1. The van der Waals surface area contributed by atoms with Gasteiger partial charge in [0, 0.05) is 17.0 Å². The zero-order valence-corrected chi connectivity index (χ0v) is 35.4. The van der Waals surface area contributed by atoms with Crippen LogP contribution < -0.4 is 0 Å². The number of likely N-dealkylation sites (N-methyl/N-ethyl adjacent to an activating group) is 1. The third-order valence-corrected chi connectivity index (χ3v) is 10.8. The monoisotopic (exact) mass is 798 g/mol. The third kappa shape index (κ3) is 17.9. The van der Waals surface area contributed by atoms with Crippen LogP contribution >= 0.6 is 19.4 Å². The van der Waals surface area contributed by atoms with Crippen molar-refractivity contribution in [1.82, 2.24) is 0 Å². The molecule has 0 heterocycles. The Bertz CT molecular complexity index is 1520. The molecule has 10 heteroatoms. The van der Waals surface area contributed by atoms with Crippen LogP contribution in [0.3, 0.4) is 0 Å². The Hall–Kier alpha value is -2.81. The summed E-state index contributed by atoms with van der Waals surface area (Å²) >= 11 is 6.88. The van der Waals surface area contributed by atoms with Gasteiger partial charge in [0.05, 0.1) is 34.4 Å². The molecule has 0 aliphatic carbocycles. The summed E-state index contributed by atoms with van der Waals surface area (Å²) < 4.78 is 37.0. The standard InChI is InChI=1S/C45H65ClNO7P/c1-5-6-7-8-9-10-11-12-13-14-15-16-17-18-25-34-44(48)54-41(38-53-55(49,50)52-36-35-47(2,3)4)37-51-45(39-28-21-19-22-29-39,40-30-23-20-24-31-40)42-32-26-27-33-43(42)46/h12-13,19-24,26-33,41H,5-11,14-18,25,34-38H2,1-4H3/p+1/t41-/m1/s1. The second-order valence-corrected chi connectivity index (χ2v) is 17.1. The zero-order chi connectivity index (χ0) is 39.8. The van der Waals surface area contributed by atoms with Gasteiger partial charge in [-0.05, 0) is 49.3 Å². The normalized spacial score (nSPS) is 13.9. The molecular weight excluding hydrogens is 733 g/mol. The molecular formula is C45H66ClNO7P+. The summed E-state index contributed by atoms with van der Waals surface area (Å²) in [4.78, 5) is 23.8. The molecule has 304 valence electrons. The lowest BCUT2D eigenvalue weighted by Gasteiger charge is -2.37. The second kappa shape index (κ2) is 25.4. The van der Waals surface area contributed by atoms with Crippen molar-refractivity contribution in [2.24, 2.45) is 0 Å². The number of hydrogen-bond donors (Lipinski definition) is 1. The molecule has 0 saturated carbocycles. The smallest absolute Gasteiger partial charge is 0.457 e. The van der Waals surface area contributed by atoms with Gasteiger partial charge in [0.15, 0.2) is 0 Å². The van der Waals surface area contributed by atoms with Gasteiger partial charge in [-0.15, -0.1) is 0 Å². The van der Waals surface area contributed by atoms with Crippen molar-refractivity contribution >= 4 is 25.4 Å². The highest BCUT2D eigenvalue weighted by Gasteiger charge is 2.40. The Morgan fingerprint density at radius 1 is 0.745 bits per heavy atom. The maximum Gasteiger partial charge on any atom is 0.472 e. The summed E-state index contributed by atoms with van der Waals surface area (Å²) in [7, 11) is 1.42. The Morgan fingerprint density at radius 2 is 1.27 bits per heavy atom. The number of benzene rings is 3. The number of phosphoric ester groups is 1. The number of quaternary nitrogens is 1. The number of hydrogen-bond acceptors (Lipinski definition) is 6. The molecule has 3 rings (SSSR count). The number of ether oxygens (including phenoxy) is 2. The molecule has 0 amide bonds. The minimum Gasteiger partial charge on any atom is -0.457 e. The largest absolute Gasteiger partial charge is 0.472 e. The summed E-state index contributed by atoms with van der Waals surface area (Å²) in [6, 6.07) is 26.9. The number of rotatable bonds is 29. The van der Waals surface area contributed by atoms with Crippen LogP contribution in [0.15, 0.2) is 97.1 Å². The second-order valence-electron chi connectivity index (χ2n) is 15.3. The fourth-order valence-corrected chi connectivity index (χ4v) is 7.39. The molecule has 1 unspecified atom stereocenters. The van der Waals surface area contributed by atoms with E-state index in [1.54, 1.807) is 0 Å². The fraction of sp³-hybridized carbons (Fsp3) is 0.533. The van der Waals surface area contributed by atoms with E-state index in [-0.39, 0.29) is 19.6 Å². The van der Waals surface area contributed by atoms with Crippen LogP contribution in [0.2, 0.25) is 5.02 Å². The maximum atomic E-state index is 13.3. The Morgan fingerprint density at radius 3 is 1.84 bits per heavy atom. The third-order valence-electron chi connectivity index (χ3n) is 9.48. The number of esters is 1. The van der Waals surface area contributed by atoms with Crippen LogP contribution in [0.4, 0.5) is 0 Å². The molecule has 3 aromatic carbocycles. The van der Waals surface area contributed by atoms with Crippen molar-refractivity contribution in [3.05, 3.63) is 119 Å². The van der Waals surface area contributed by atoms with Crippen molar-refractivity contribution in [3.63, 3.8) is 0 Å². The van der Waals surface area contributed by atoms with E-state index in [0.29, 0.717) is 28.0 Å². The lowest BCUT2D eigenvalue weighted by molar-refractivity contribution is -0.870. The number of unbranched alkanes of at least 4 members (excludes halogenated alkanes) is 11. The molecule has 0 spiro atoms. The van der Waals surface area contributed by atoms with Gasteiger partial charge in [0.25, 0.3) is 0 Å². The number of nitrogens with zero attached hydrogens (tertiary/aromatic N) is 1. The summed E-state index contributed by atoms with van der Waals surface area (Å²) in [5, 5.41) is 0.495. The SMILES string of the molecule is CCCCCCCCC=CCCCCCCCC(=O)O[C@H](COC(c1ccccc1)(c1ccccc1)c1ccccc1Cl)COP(=O)(O)OCC[N+](C)(C)C. The van der Waals surface area contributed by atoms with Crippen LogP contribution in [-0.2, 0) is 33.5 Å². The molecule has 2 atom stereocenters. The summed E-state index contributed by atoms with van der Waals surface area (Å²) in [6.45, 7) is 2.20. The van der Waals surface area contributed by atoms with Gasteiger partial charge < -0.3 is 18.9 Å². The first kappa shape index (κ1) is 46.6. The lowest BCUT2D eigenvalue weighted by Crippen LogP contribution is -2.38. The summed E-state index contributed by atoms with van der Waals surface area (Å²) in [5.74, 6) is -0.420. The number of allylic oxidation sites excluding steroid dienone is 2.